The highest BCUT2D eigenvalue weighted by atomic mass is 16.7. The number of benzene rings is 5. The zero-order chi connectivity index (χ0) is 103. The summed E-state index contributed by atoms with van der Waals surface area (Å²) < 4.78 is 126. The molecule has 4 heterocycles. The number of hydrogen-bond acceptors (Lipinski definition) is 37. The predicted molar refractivity (Wildman–Crippen MR) is 504 cm³/mol. The molecule has 0 bridgehead atoms. The van der Waals surface area contributed by atoms with Gasteiger partial charge in [-0.3, -0.25) is 49.0 Å². The summed E-state index contributed by atoms with van der Waals surface area (Å²) in [6.45, 7) is 21.5. The van der Waals surface area contributed by atoms with Gasteiger partial charge in [-0.2, -0.15) is 0 Å². The van der Waals surface area contributed by atoms with Crippen molar-refractivity contribution >= 4 is 94.3 Å². The van der Waals surface area contributed by atoms with E-state index >= 15 is 4.79 Å². The first-order valence-electron chi connectivity index (χ1n) is 46.6. The molecule has 0 radical (unpaired) electrons. The van der Waals surface area contributed by atoms with Crippen molar-refractivity contribution in [2.24, 2.45) is 11.8 Å². The maximum Gasteiger partial charge on any atom is 0.411 e. The standard InChI is InChI=1S/C101H130N4O37/c1-58-43-72(53-106)104(51-58)93(115)75-44-59(2)84(49-79(75)102-99(119)132-55-68-22-28-82(139-97-62(5)89(136-65(8)110)90(137-66(9)111)91(141-97)96(118)123-16)77(45-68)81(113)21-20-31-124-36-37-126-38-39-127-57-87(114)142-101(11,12)13)129-32-18-17-19-33-130-86-50-80(76(48-85(86)122-15)94(116)105-52-71(47-73(105)54-107)70-24-26-74(27-25-70)128-42-40-125-34-30-60(3)108)103-100(120)133-56-69-23-29-83(78(46-69)95(117)131-41-35-121-14)140-98-92(138-67(10)112)88(135-64(7)109)61(4)63(6)134-98/h22-29,44-46,48-50,52,61-63,72-73,88-92,97-98,106-107H,1,17-21,30-43,47,51,53-57H2,2-16H3,(H,102,119)(H,103,120)/t61-,62-,63-,72?,73+,88+,89-,90+,91?,92-,97?,98+/m1/s1. The molecule has 4 aliphatic heterocycles. The second-order valence-corrected chi connectivity index (χ2v) is 35.0. The van der Waals surface area contributed by atoms with E-state index in [9.17, 15) is 67.7 Å². The molecule has 0 aliphatic carbocycles. The number of aliphatic hydroxyl groups excluding tert-OH is 2. The molecule has 9 rings (SSSR count). The molecule has 41 nitrogen and oxygen atoms in total. The molecular formula is C101H130N4O37. The second kappa shape index (κ2) is 55.5. The average molecular weight is 1990 g/mol. The molecule has 12 atom stereocenters. The molecule has 3 saturated heterocycles. The second-order valence-electron chi connectivity index (χ2n) is 35.0. The summed E-state index contributed by atoms with van der Waals surface area (Å²) >= 11 is 0. The fourth-order valence-corrected chi connectivity index (χ4v) is 15.6. The lowest BCUT2D eigenvalue weighted by molar-refractivity contribution is -0.263. The Morgan fingerprint density at radius 2 is 1.06 bits per heavy atom. The van der Waals surface area contributed by atoms with Crippen molar-refractivity contribution in [1.29, 1.82) is 0 Å². The first-order valence-corrected chi connectivity index (χ1v) is 46.6. The minimum atomic E-state index is -1.67. The summed E-state index contributed by atoms with van der Waals surface area (Å²) in [5.74, 6) is -7.78. The lowest BCUT2D eigenvalue weighted by atomic mass is 9.91. The van der Waals surface area contributed by atoms with Crippen LogP contribution in [0.5, 0.6) is 34.5 Å². The van der Waals surface area contributed by atoms with Gasteiger partial charge in [-0.1, -0.05) is 50.3 Å². The van der Waals surface area contributed by atoms with Crippen molar-refractivity contribution in [1.82, 2.24) is 9.80 Å². The zero-order valence-electron chi connectivity index (χ0n) is 82.8. The van der Waals surface area contributed by atoms with Crippen molar-refractivity contribution in [2.75, 3.05) is 138 Å². The van der Waals surface area contributed by atoms with Gasteiger partial charge in [-0.05, 0) is 156 Å². The molecule has 0 spiro atoms. The fraction of sp³-hybridized carbons (Fsp3) is 0.535. The molecule has 3 fully saturated rings. The quantitative estimate of drug-likeness (QED) is 0.00923. The van der Waals surface area contributed by atoms with E-state index in [0.717, 1.165) is 27.9 Å². The smallest absolute Gasteiger partial charge is 0.411 e. The highest BCUT2D eigenvalue weighted by Crippen LogP contribution is 2.42. The normalized spacial score (nSPS) is 19.8. The number of esters is 7. The average Bonchev–Trinajstić information content (AvgIpc) is 1.02. The van der Waals surface area contributed by atoms with Gasteiger partial charge in [-0.15, -0.1) is 0 Å². The van der Waals surface area contributed by atoms with E-state index in [1.54, 1.807) is 78.9 Å². The first-order chi connectivity index (χ1) is 67.8. The summed E-state index contributed by atoms with van der Waals surface area (Å²) in [6.07, 6.45) is -8.63. The number of likely N-dealkylation sites (tertiary alicyclic amines) is 1. The Kier molecular flexibility index (Phi) is 44.1. The Morgan fingerprint density at radius 3 is 1.65 bits per heavy atom. The molecule has 5 aromatic carbocycles. The van der Waals surface area contributed by atoms with Crippen LogP contribution in [0.25, 0.3) is 5.57 Å². The number of Topliss-reactive ketones (excluding diaryl/α,β-unsaturated/α-hetero) is 2. The van der Waals surface area contributed by atoms with Crippen molar-refractivity contribution in [3.8, 4) is 34.5 Å². The molecule has 142 heavy (non-hydrogen) atoms. The van der Waals surface area contributed by atoms with E-state index in [2.05, 4.69) is 17.2 Å². The molecule has 4 N–H and O–H groups in total. The zero-order valence-corrected chi connectivity index (χ0v) is 82.8. The first kappa shape index (κ1) is 113. The van der Waals surface area contributed by atoms with Gasteiger partial charge in [0, 0.05) is 85.0 Å². The number of anilines is 2. The van der Waals surface area contributed by atoms with Crippen LogP contribution in [0.1, 0.15) is 191 Å². The van der Waals surface area contributed by atoms with Gasteiger partial charge < -0.3 is 124 Å². The van der Waals surface area contributed by atoms with E-state index < -0.39 is 170 Å². The van der Waals surface area contributed by atoms with Gasteiger partial charge in [0.05, 0.1) is 139 Å². The summed E-state index contributed by atoms with van der Waals surface area (Å²) in [5, 5.41) is 26.7. The Hall–Kier alpha value is -12.9. The number of amides is 4. The van der Waals surface area contributed by atoms with Crippen LogP contribution in [0, 0.1) is 18.8 Å². The molecule has 4 aliphatic rings. The number of hydrogen-bond donors (Lipinski definition) is 4. The Bertz CT molecular complexity index is 5220. The van der Waals surface area contributed by atoms with Crippen LogP contribution in [0.15, 0.2) is 103 Å². The largest absolute Gasteiger partial charge is 0.493 e. The van der Waals surface area contributed by atoms with E-state index in [1.807, 2.05) is 0 Å². The third-order valence-electron chi connectivity index (χ3n) is 22.7. The van der Waals surface area contributed by atoms with Crippen molar-refractivity contribution in [2.45, 2.75) is 215 Å². The molecule has 776 valence electrons. The van der Waals surface area contributed by atoms with Crippen LogP contribution in [0.4, 0.5) is 21.0 Å². The minimum Gasteiger partial charge on any atom is -0.493 e. The number of carbonyl (C=O) groups excluding carboxylic acids is 13. The number of nitrogens with one attached hydrogen (secondary N) is 2. The third-order valence-corrected chi connectivity index (χ3v) is 22.7. The summed E-state index contributed by atoms with van der Waals surface area (Å²) in [4.78, 5) is 176. The number of aryl methyl sites for hydroxylation is 1. The molecular weight excluding hydrogens is 1860 g/mol. The van der Waals surface area contributed by atoms with Gasteiger partial charge in [0.15, 0.2) is 35.6 Å². The molecule has 41 heteroatoms. The van der Waals surface area contributed by atoms with E-state index in [4.69, 9.17) is 104 Å². The summed E-state index contributed by atoms with van der Waals surface area (Å²) in [6, 6.07) is 20.0. The van der Waals surface area contributed by atoms with Gasteiger partial charge in [-0.25, -0.2) is 24.0 Å². The van der Waals surface area contributed by atoms with Crippen LogP contribution >= 0.6 is 0 Å². The SMILES string of the molecule is C=C1CC(CO)N(C(=O)c2cc(C)c(OCCCCCOc3cc(NC(=O)OCc4ccc(O[C@@H]5O[C@H](C)[C@@H](C)[C@H](OC(C)=O)[C@H]5OC(C)=O)c(C(=O)OCCOC)c4)c(C(=O)N4C=C(c5ccc(OCCOCCC(C)=O)cc5)C[C@H]4CO)cc3OC)cc2NC(=O)OCc2ccc(OC3OC(C(=O)OC)[C@@H](OC(C)=O)[C@H](OC(C)=O)[C@H]3C)c(C(=O)CCCOCCOCCOCC(=O)OC(C)(C)C)c2)C1. The predicted octanol–water partition coefficient (Wildman–Crippen LogP) is 11.1. The third kappa shape index (κ3) is 33.9. The van der Waals surface area contributed by atoms with Crippen LogP contribution in [-0.4, -0.2) is 291 Å². The summed E-state index contributed by atoms with van der Waals surface area (Å²) in [5.41, 5.74) is 1.95. The molecule has 4 amide bonds. The Morgan fingerprint density at radius 1 is 0.500 bits per heavy atom. The molecule has 5 aromatic rings. The van der Waals surface area contributed by atoms with Crippen LogP contribution in [0.3, 0.4) is 0 Å². The van der Waals surface area contributed by atoms with Gasteiger partial charge in [0.2, 0.25) is 18.7 Å². The van der Waals surface area contributed by atoms with E-state index in [-0.39, 0.29) is 204 Å². The van der Waals surface area contributed by atoms with E-state index in [0.29, 0.717) is 53.7 Å². The minimum absolute atomic E-state index is 0.00726. The number of aliphatic hydroxyl groups is 2. The van der Waals surface area contributed by atoms with Crippen LogP contribution in [0.2, 0.25) is 0 Å². The van der Waals surface area contributed by atoms with Crippen molar-refractivity contribution < 1.29 is 177 Å². The monoisotopic (exact) mass is 1990 g/mol. The molecule has 3 unspecified atom stereocenters. The fourth-order valence-electron chi connectivity index (χ4n) is 15.6. The molecule has 0 aromatic heterocycles. The highest BCUT2D eigenvalue weighted by Gasteiger charge is 2.53. The van der Waals surface area contributed by atoms with Crippen molar-refractivity contribution in [3.05, 3.63) is 148 Å². The van der Waals surface area contributed by atoms with Crippen LogP contribution in [-0.2, 0) is 123 Å². The van der Waals surface area contributed by atoms with E-state index in [1.165, 1.54) is 98.5 Å². The lowest BCUT2D eigenvalue weighted by Crippen LogP contribution is -2.60. The van der Waals surface area contributed by atoms with Crippen molar-refractivity contribution in [3.63, 3.8) is 0 Å². The lowest BCUT2D eigenvalue weighted by Gasteiger charge is -2.43. The topological polar surface area (TPSA) is 496 Å². The molecule has 0 saturated carbocycles. The number of unbranched alkanes of at least 4 members (excludes halogenated alkanes) is 2. The summed E-state index contributed by atoms with van der Waals surface area (Å²) in [7, 11) is 3.84. The maximum atomic E-state index is 15.2. The number of ether oxygens (including phenoxy) is 22. The Balaban J connectivity index is 0.911. The Labute approximate surface area is 823 Å². The number of rotatable bonds is 53. The van der Waals surface area contributed by atoms with Gasteiger partial charge in [0.1, 0.15) is 79.1 Å². The number of nitrogens with zero attached hydrogens (tertiary/aromatic N) is 2. The highest BCUT2D eigenvalue weighted by molar-refractivity contribution is 6.06. The van der Waals surface area contributed by atoms with Crippen LogP contribution < -0.4 is 39.1 Å². The number of ketones is 2. The number of methoxy groups -OCH3 is 3. The van der Waals surface area contributed by atoms with Gasteiger partial charge >= 0.3 is 54.0 Å². The number of carbonyl (C=O) groups is 13. The van der Waals surface area contributed by atoms with Gasteiger partial charge in [0.25, 0.3) is 11.8 Å². The maximum absolute atomic E-state index is 15.2.